The second-order valence-electron chi connectivity index (χ2n) is 12.5. The lowest BCUT2D eigenvalue weighted by Crippen LogP contribution is -2.01. The van der Waals surface area contributed by atoms with Crippen LogP contribution in [0.2, 0.25) is 0 Å². The number of benzene rings is 8. The largest absolute Gasteiger partial charge is 0.456 e. The van der Waals surface area contributed by atoms with E-state index < -0.39 is 0 Å². The summed E-state index contributed by atoms with van der Waals surface area (Å²) in [5.74, 6) is 1.86. The summed E-state index contributed by atoms with van der Waals surface area (Å²) in [6.45, 7) is 0. The average Bonchev–Trinajstić information content (AvgIpc) is 3.54. The standard InChI is InChI=1S/C45H27N3O/c1-2-12-30(13-3-1)43-46-44(36-21-19-29-11-5-7-15-32(29)25-36)48-45(47-43)42-37-17-9-8-16-35(37)27-40-41(42)38-23-22-34(26-39(38)49-40)33-20-18-28-10-4-6-14-31(28)24-33/h1-27H. The summed E-state index contributed by atoms with van der Waals surface area (Å²) in [5, 5.41) is 8.89. The van der Waals surface area contributed by atoms with Gasteiger partial charge in [0.15, 0.2) is 17.5 Å². The Balaban J connectivity index is 1.23. The highest BCUT2D eigenvalue weighted by Gasteiger charge is 2.21. The highest BCUT2D eigenvalue weighted by molar-refractivity contribution is 6.20. The van der Waals surface area contributed by atoms with E-state index in [4.69, 9.17) is 19.4 Å². The Bertz CT molecular complexity index is 2890. The first-order valence-electron chi connectivity index (χ1n) is 16.4. The van der Waals surface area contributed by atoms with Gasteiger partial charge in [-0.3, -0.25) is 0 Å². The summed E-state index contributed by atoms with van der Waals surface area (Å²) >= 11 is 0. The molecule has 0 saturated carbocycles. The van der Waals surface area contributed by atoms with Gasteiger partial charge in [-0.25, -0.2) is 15.0 Å². The van der Waals surface area contributed by atoms with E-state index in [1.807, 2.05) is 30.3 Å². The fraction of sp³-hybridized carbons (Fsp3) is 0. The van der Waals surface area contributed by atoms with Crippen molar-refractivity contribution in [3.8, 4) is 45.3 Å². The second kappa shape index (κ2) is 11.0. The Morgan fingerprint density at radius 3 is 1.63 bits per heavy atom. The maximum absolute atomic E-state index is 6.68. The molecule has 0 saturated heterocycles. The number of fused-ring (bicyclic) bond motifs is 6. The smallest absolute Gasteiger partial charge is 0.165 e. The minimum absolute atomic E-state index is 0.611. The van der Waals surface area contributed by atoms with Crippen LogP contribution in [0.1, 0.15) is 0 Å². The Hall–Kier alpha value is -6.65. The van der Waals surface area contributed by atoms with Crippen molar-refractivity contribution in [3.05, 3.63) is 164 Å². The molecule has 0 unspecified atom stereocenters. The third kappa shape index (κ3) is 4.65. The van der Waals surface area contributed by atoms with Gasteiger partial charge in [0.05, 0.1) is 0 Å². The van der Waals surface area contributed by atoms with Gasteiger partial charge in [0.25, 0.3) is 0 Å². The van der Waals surface area contributed by atoms with Crippen LogP contribution in [0.4, 0.5) is 0 Å². The molecule has 0 atom stereocenters. The second-order valence-corrected chi connectivity index (χ2v) is 12.5. The maximum Gasteiger partial charge on any atom is 0.165 e. The molecule has 0 aliphatic rings. The first-order chi connectivity index (χ1) is 24.2. The zero-order chi connectivity index (χ0) is 32.3. The Morgan fingerprint density at radius 2 is 0.878 bits per heavy atom. The van der Waals surface area contributed by atoms with Crippen molar-refractivity contribution in [2.24, 2.45) is 0 Å². The molecule has 0 amide bonds. The van der Waals surface area contributed by atoms with Crippen LogP contribution >= 0.6 is 0 Å². The topological polar surface area (TPSA) is 51.8 Å². The summed E-state index contributed by atoms with van der Waals surface area (Å²) in [5.41, 5.74) is 6.68. The monoisotopic (exact) mass is 625 g/mol. The van der Waals surface area contributed by atoms with Gasteiger partial charge >= 0.3 is 0 Å². The molecule has 4 heteroatoms. The molecular formula is C45H27N3O. The minimum atomic E-state index is 0.611. The van der Waals surface area contributed by atoms with E-state index in [2.05, 4.69) is 133 Å². The fourth-order valence-corrected chi connectivity index (χ4v) is 7.04. The van der Waals surface area contributed by atoms with E-state index in [0.29, 0.717) is 17.5 Å². The molecule has 2 aromatic heterocycles. The van der Waals surface area contributed by atoms with Crippen molar-refractivity contribution in [2.45, 2.75) is 0 Å². The number of furan rings is 1. The maximum atomic E-state index is 6.68. The van der Waals surface area contributed by atoms with Crippen molar-refractivity contribution in [2.75, 3.05) is 0 Å². The third-order valence-corrected chi connectivity index (χ3v) is 9.47. The molecule has 4 nitrogen and oxygen atoms in total. The van der Waals surface area contributed by atoms with Crippen molar-refractivity contribution in [1.82, 2.24) is 15.0 Å². The molecule has 0 bridgehead atoms. The van der Waals surface area contributed by atoms with Crippen molar-refractivity contribution in [3.63, 3.8) is 0 Å². The molecule has 2 heterocycles. The van der Waals surface area contributed by atoms with Crippen molar-refractivity contribution < 1.29 is 4.42 Å². The number of hydrogen-bond donors (Lipinski definition) is 0. The fourth-order valence-electron chi connectivity index (χ4n) is 7.04. The Labute approximate surface area is 282 Å². The zero-order valence-corrected chi connectivity index (χ0v) is 26.3. The summed E-state index contributed by atoms with van der Waals surface area (Å²) < 4.78 is 6.68. The van der Waals surface area contributed by atoms with Crippen LogP contribution in [-0.4, -0.2) is 15.0 Å². The third-order valence-electron chi connectivity index (χ3n) is 9.47. The zero-order valence-electron chi connectivity index (χ0n) is 26.3. The van der Waals surface area contributed by atoms with Crippen LogP contribution in [0.25, 0.3) is 99.5 Å². The Kier molecular flexibility index (Phi) is 6.15. The number of nitrogens with zero attached hydrogens (tertiary/aromatic N) is 3. The predicted molar refractivity (Wildman–Crippen MR) is 201 cm³/mol. The normalized spacial score (nSPS) is 11.7. The molecule has 10 aromatic rings. The van der Waals surface area contributed by atoms with Gasteiger partial charge in [-0.05, 0) is 73.8 Å². The molecular weight excluding hydrogens is 599 g/mol. The lowest BCUT2D eigenvalue weighted by molar-refractivity contribution is 0.669. The SMILES string of the molecule is c1ccc(-c2nc(-c3ccc4ccccc4c3)nc(-c3c4ccccc4cc4oc5cc(-c6ccc7ccccc7c6)ccc5c34)n2)cc1. The van der Waals surface area contributed by atoms with Gasteiger partial charge < -0.3 is 4.42 Å². The molecule has 228 valence electrons. The van der Waals surface area contributed by atoms with Crippen LogP contribution in [0.5, 0.6) is 0 Å². The minimum Gasteiger partial charge on any atom is -0.456 e. The van der Waals surface area contributed by atoms with Crippen LogP contribution in [0, 0.1) is 0 Å². The number of hydrogen-bond acceptors (Lipinski definition) is 4. The Morgan fingerprint density at radius 1 is 0.327 bits per heavy atom. The summed E-state index contributed by atoms with van der Waals surface area (Å²) in [6, 6.07) is 56.9. The highest BCUT2D eigenvalue weighted by Crippen LogP contribution is 2.42. The van der Waals surface area contributed by atoms with E-state index >= 15 is 0 Å². The summed E-state index contributed by atoms with van der Waals surface area (Å²) in [6.07, 6.45) is 0. The van der Waals surface area contributed by atoms with Gasteiger partial charge in [0.2, 0.25) is 0 Å². The lowest BCUT2D eigenvalue weighted by Gasteiger charge is -2.12. The average molecular weight is 626 g/mol. The predicted octanol–water partition coefficient (Wildman–Crippen LogP) is 11.9. The first-order valence-corrected chi connectivity index (χ1v) is 16.4. The molecule has 10 rings (SSSR count). The van der Waals surface area contributed by atoms with Crippen LogP contribution in [0.3, 0.4) is 0 Å². The van der Waals surface area contributed by atoms with E-state index in [0.717, 1.165) is 65.9 Å². The molecule has 0 spiro atoms. The summed E-state index contributed by atoms with van der Waals surface area (Å²) in [7, 11) is 0. The van der Waals surface area contributed by atoms with E-state index in [-0.39, 0.29) is 0 Å². The molecule has 0 N–H and O–H groups in total. The first kappa shape index (κ1) is 27.5. The van der Waals surface area contributed by atoms with Gasteiger partial charge in [-0.15, -0.1) is 0 Å². The van der Waals surface area contributed by atoms with Gasteiger partial charge in [-0.1, -0.05) is 133 Å². The van der Waals surface area contributed by atoms with E-state index in [1.54, 1.807) is 0 Å². The van der Waals surface area contributed by atoms with Crippen LogP contribution in [0.15, 0.2) is 168 Å². The summed E-state index contributed by atoms with van der Waals surface area (Å²) in [4.78, 5) is 15.4. The van der Waals surface area contributed by atoms with Gasteiger partial charge in [0.1, 0.15) is 11.2 Å². The van der Waals surface area contributed by atoms with Crippen LogP contribution in [-0.2, 0) is 0 Å². The molecule has 0 fully saturated rings. The van der Waals surface area contributed by atoms with E-state index in [9.17, 15) is 0 Å². The lowest BCUT2D eigenvalue weighted by atomic mass is 9.96. The van der Waals surface area contributed by atoms with Gasteiger partial charge in [0, 0.05) is 27.5 Å². The molecule has 0 aliphatic carbocycles. The van der Waals surface area contributed by atoms with E-state index in [1.165, 1.54) is 16.2 Å². The molecule has 49 heavy (non-hydrogen) atoms. The van der Waals surface area contributed by atoms with Crippen LogP contribution < -0.4 is 0 Å². The highest BCUT2D eigenvalue weighted by atomic mass is 16.3. The number of rotatable bonds is 4. The number of aromatic nitrogens is 3. The molecule has 0 radical (unpaired) electrons. The van der Waals surface area contributed by atoms with Crippen molar-refractivity contribution >= 4 is 54.3 Å². The quantitative estimate of drug-likeness (QED) is 0.195. The van der Waals surface area contributed by atoms with Gasteiger partial charge in [-0.2, -0.15) is 0 Å². The van der Waals surface area contributed by atoms with Crippen molar-refractivity contribution in [1.29, 1.82) is 0 Å². The molecule has 8 aromatic carbocycles. The molecule has 0 aliphatic heterocycles.